The van der Waals surface area contributed by atoms with Gasteiger partial charge in [0.1, 0.15) is 12.1 Å². The summed E-state index contributed by atoms with van der Waals surface area (Å²) in [6.45, 7) is 2.86. The zero-order chi connectivity index (χ0) is 13.8. The highest BCUT2D eigenvalue weighted by Crippen LogP contribution is 2.23. The first kappa shape index (κ1) is 13.2. The fourth-order valence-electron chi connectivity index (χ4n) is 1.85. The van der Waals surface area contributed by atoms with E-state index >= 15 is 0 Å². The molecule has 0 aliphatic rings. The highest BCUT2D eigenvalue weighted by atomic mass is 16.4. The van der Waals surface area contributed by atoms with Crippen molar-refractivity contribution < 1.29 is 9.21 Å². The maximum Gasteiger partial charge on any atom is 0.298 e. The first-order valence-electron chi connectivity index (χ1n) is 6.29. The Morgan fingerprint density at radius 3 is 2.95 bits per heavy atom. The van der Waals surface area contributed by atoms with E-state index < -0.39 is 5.91 Å². The predicted octanol–water partition coefficient (Wildman–Crippen LogP) is 1.50. The van der Waals surface area contributed by atoms with Gasteiger partial charge in [-0.25, -0.2) is 0 Å². The Morgan fingerprint density at radius 2 is 2.26 bits per heavy atom. The van der Waals surface area contributed by atoms with Gasteiger partial charge in [-0.3, -0.25) is 4.79 Å². The first-order valence-corrected chi connectivity index (χ1v) is 6.29. The van der Waals surface area contributed by atoms with Crippen molar-refractivity contribution in [2.45, 2.75) is 19.8 Å². The number of nitrogens with two attached hydrogens (primary N) is 2. The number of hydrogen-bond acceptors (Lipinski definition) is 5. The average molecular weight is 262 g/mol. The third kappa shape index (κ3) is 3.15. The number of amides is 1. The number of carbonyl (C=O) groups is 1. The summed E-state index contributed by atoms with van der Waals surface area (Å²) in [6, 6.07) is 5.67. The molecule has 0 atom stereocenters. The number of nitrogens with zero attached hydrogens (tertiary/aromatic N) is 2. The minimum absolute atomic E-state index is 0.0995. The van der Waals surface area contributed by atoms with E-state index in [4.69, 9.17) is 15.9 Å². The van der Waals surface area contributed by atoms with Crippen molar-refractivity contribution in [2.24, 2.45) is 5.73 Å². The molecule has 1 aromatic heterocycles. The molecule has 4 N–H and O–H groups in total. The lowest BCUT2D eigenvalue weighted by atomic mass is 10.3. The number of benzene rings is 1. The zero-order valence-electron chi connectivity index (χ0n) is 10.9. The van der Waals surface area contributed by atoms with Crippen LogP contribution < -0.4 is 16.4 Å². The minimum Gasteiger partial charge on any atom is -0.423 e. The maximum absolute atomic E-state index is 11.1. The van der Waals surface area contributed by atoms with E-state index in [-0.39, 0.29) is 6.54 Å². The summed E-state index contributed by atoms with van der Waals surface area (Å²) in [7, 11) is 0. The van der Waals surface area contributed by atoms with Gasteiger partial charge in [-0.05, 0) is 24.6 Å². The van der Waals surface area contributed by atoms with E-state index in [1.54, 1.807) is 23.1 Å². The van der Waals surface area contributed by atoms with Crippen molar-refractivity contribution in [3.8, 4) is 0 Å². The van der Waals surface area contributed by atoms with Gasteiger partial charge in [0, 0.05) is 12.2 Å². The molecule has 0 fully saturated rings. The van der Waals surface area contributed by atoms with Crippen LogP contribution in [0.1, 0.15) is 19.8 Å². The van der Waals surface area contributed by atoms with Crippen molar-refractivity contribution in [1.29, 1.82) is 0 Å². The van der Waals surface area contributed by atoms with E-state index in [1.165, 1.54) is 0 Å². The van der Waals surface area contributed by atoms with Crippen molar-refractivity contribution in [3.05, 3.63) is 18.2 Å². The molecule has 102 valence electrons. The number of carbonyl (C=O) groups excluding carboxylic acids is 1. The fraction of sp³-hybridized carbons (Fsp3) is 0.385. The van der Waals surface area contributed by atoms with E-state index in [1.807, 2.05) is 0 Å². The summed E-state index contributed by atoms with van der Waals surface area (Å²) in [5.74, 6) is -0.405. The molecule has 0 aliphatic carbocycles. The van der Waals surface area contributed by atoms with Gasteiger partial charge in [0.05, 0.1) is 0 Å². The lowest BCUT2D eigenvalue weighted by Crippen LogP contribution is -2.34. The quantitative estimate of drug-likeness (QED) is 0.769. The monoisotopic (exact) mass is 262 g/mol. The minimum atomic E-state index is -0.405. The van der Waals surface area contributed by atoms with E-state index in [0.717, 1.165) is 12.8 Å². The van der Waals surface area contributed by atoms with Crippen LogP contribution >= 0.6 is 0 Å². The molecular weight excluding hydrogens is 244 g/mol. The lowest BCUT2D eigenvalue weighted by molar-refractivity contribution is -0.116. The number of rotatable bonds is 6. The molecule has 6 nitrogen and oxygen atoms in total. The predicted molar refractivity (Wildman–Crippen MR) is 74.7 cm³/mol. The molecule has 1 heterocycles. The number of fused-ring (bicyclic) bond motifs is 1. The zero-order valence-corrected chi connectivity index (χ0v) is 10.9. The van der Waals surface area contributed by atoms with Crippen LogP contribution in [0.2, 0.25) is 0 Å². The molecular formula is C13H18N4O2. The summed E-state index contributed by atoms with van der Waals surface area (Å²) in [6.07, 6.45) is 1.95. The van der Waals surface area contributed by atoms with Gasteiger partial charge in [0.15, 0.2) is 5.58 Å². The molecule has 0 radical (unpaired) electrons. The number of primary amides is 1. The number of nitrogen functional groups attached to an aromatic ring is 1. The van der Waals surface area contributed by atoms with Gasteiger partial charge in [-0.15, -0.1) is 0 Å². The van der Waals surface area contributed by atoms with Gasteiger partial charge in [0.2, 0.25) is 5.91 Å². The molecule has 0 aliphatic heterocycles. The highest BCUT2D eigenvalue weighted by molar-refractivity contribution is 5.81. The molecule has 19 heavy (non-hydrogen) atoms. The molecule has 2 aromatic rings. The van der Waals surface area contributed by atoms with Crippen molar-refractivity contribution in [2.75, 3.05) is 23.7 Å². The number of anilines is 2. The van der Waals surface area contributed by atoms with Crippen molar-refractivity contribution >= 4 is 28.7 Å². The Morgan fingerprint density at radius 1 is 1.47 bits per heavy atom. The molecule has 1 amide bonds. The van der Waals surface area contributed by atoms with Crippen molar-refractivity contribution in [1.82, 2.24) is 4.98 Å². The number of oxazole rings is 1. The number of unbranched alkanes of at least 4 members (excludes halogenated alkanes) is 1. The average Bonchev–Trinajstić information content (AvgIpc) is 2.76. The fourth-order valence-corrected chi connectivity index (χ4v) is 1.85. The number of hydrogen-bond donors (Lipinski definition) is 2. The second-order valence-corrected chi connectivity index (χ2v) is 4.47. The third-order valence-electron chi connectivity index (χ3n) is 2.80. The van der Waals surface area contributed by atoms with Gasteiger partial charge in [-0.2, -0.15) is 4.98 Å². The maximum atomic E-state index is 11.1. The molecule has 0 bridgehead atoms. The molecule has 2 rings (SSSR count). The topological polar surface area (TPSA) is 98.4 Å². The van der Waals surface area contributed by atoms with Crippen LogP contribution in [-0.4, -0.2) is 24.0 Å². The number of aromatic nitrogens is 1. The Hall–Kier alpha value is -2.24. The van der Waals surface area contributed by atoms with Crippen molar-refractivity contribution in [3.63, 3.8) is 0 Å². The van der Waals surface area contributed by atoms with Gasteiger partial charge >= 0.3 is 0 Å². The van der Waals surface area contributed by atoms with Crippen LogP contribution in [0.5, 0.6) is 0 Å². The van der Waals surface area contributed by atoms with E-state index in [2.05, 4.69) is 11.9 Å². The molecule has 6 heteroatoms. The first-order chi connectivity index (χ1) is 9.10. The smallest absolute Gasteiger partial charge is 0.298 e. The largest absolute Gasteiger partial charge is 0.423 e. The Balaban J connectivity index is 2.29. The summed E-state index contributed by atoms with van der Waals surface area (Å²) >= 11 is 0. The molecule has 0 unspecified atom stereocenters. The third-order valence-corrected chi connectivity index (χ3v) is 2.80. The Bertz CT molecular complexity index is 579. The van der Waals surface area contributed by atoms with Crippen LogP contribution in [-0.2, 0) is 4.79 Å². The Kier molecular flexibility index (Phi) is 3.89. The summed E-state index contributed by atoms with van der Waals surface area (Å²) in [5.41, 5.74) is 12.9. The van der Waals surface area contributed by atoms with Crippen LogP contribution in [0.15, 0.2) is 22.6 Å². The Labute approximate surface area is 111 Å². The molecule has 0 saturated heterocycles. The van der Waals surface area contributed by atoms with Crippen LogP contribution in [0.25, 0.3) is 11.1 Å². The second kappa shape index (κ2) is 5.60. The van der Waals surface area contributed by atoms with E-state index in [9.17, 15) is 4.79 Å². The molecule has 0 saturated carbocycles. The molecule has 0 spiro atoms. The van der Waals surface area contributed by atoms with Gasteiger partial charge in [-0.1, -0.05) is 13.3 Å². The lowest BCUT2D eigenvalue weighted by Gasteiger charge is -2.17. The van der Waals surface area contributed by atoms with Crippen LogP contribution in [0.3, 0.4) is 0 Å². The summed E-state index contributed by atoms with van der Waals surface area (Å²) in [4.78, 5) is 17.2. The van der Waals surface area contributed by atoms with E-state index in [0.29, 0.717) is 29.3 Å². The van der Waals surface area contributed by atoms with Gasteiger partial charge < -0.3 is 20.8 Å². The molecule has 1 aromatic carbocycles. The van der Waals surface area contributed by atoms with Crippen LogP contribution in [0, 0.1) is 0 Å². The highest BCUT2D eigenvalue weighted by Gasteiger charge is 2.15. The van der Waals surface area contributed by atoms with Gasteiger partial charge in [0.25, 0.3) is 6.01 Å². The van der Waals surface area contributed by atoms with Crippen LogP contribution in [0.4, 0.5) is 11.7 Å². The SMILES string of the molecule is CCCCN(CC(N)=O)c1nc2cc(N)ccc2o1. The normalized spacial score (nSPS) is 10.8. The summed E-state index contributed by atoms with van der Waals surface area (Å²) in [5, 5.41) is 0. The summed E-state index contributed by atoms with van der Waals surface area (Å²) < 4.78 is 5.63. The second-order valence-electron chi connectivity index (χ2n) is 4.47. The standard InChI is InChI=1S/C13H18N4O2/c1-2-3-6-17(8-12(15)18)13-16-10-7-9(14)4-5-11(10)19-13/h4-5,7H,2-3,6,8,14H2,1H3,(H2,15,18).